The van der Waals surface area contributed by atoms with Gasteiger partial charge in [0.15, 0.2) is 5.78 Å². The maximum absolute atomic E-state index is 10.6. The van der Waals surface area contributed by atoms with Crippen LogP contribution >= 0.6 is 0 Å². The van der Waals surface area contributed by atoms with E-state index < -0.39 is 0 Å². The van der Waals surface area contributed by atoms with Crippen molar-refractivity contribution in [2.24, 2.45) is 0 Å². The maximum Gasteiger partial charge on any atom is 0.248 e. The van der Waals surface area contributed by atoms with Crippen molar-refractivity contribution in [1.29, 1.82) is 0 Å². The molecule has 0 aromatic carbocycles. The first kappa shape index (κ1) is 16.6. The number of pyridine rings is 1. The van der Waals surface area contributed by atoms with Crippen molar-refractivity contribution in [3.63, 3.8) is 0 Å². The summed E-state index contributed by atoms with van der Waals surface area (Å²) in [7, 11) is 0. The quantitative estimate of drug-likeness (QED) is 0.603. The van der Waals surface area contributed by atoms with Gasteiger partial charge in [-0.15, -0.1) is 0 Å². The Balaban J connectivity index is 0.000000331. The normalized spacial score (nSPS) is 9.50. The maximum atomic E-state index is 10.6. The molecule has 0 unspecified atom stereocenters. The molecule has 0 spiro atoms. The molecule has 1 aromatic heterocycles. The third-order valence-corrected chi connectivity index (χ3v) is 2.28. The fourth-order valence-corrected chi connectivity index (χ4v) is 1.26. The zero-order valence-corrected chi connectivity index (χ0v) is 11.6. The van der Waals surface area contributed by atoms with E-state index >= 15 is 0 Å². The van der Waals surface area contributed by atoms with Crippen LogP contribution in [0.15, 0.2) is 23.0 Å². The number of unbranched alkanes of at least 4 members (excludes halogenated alkanes) is 1. The second-order valence-corrected chi connectivity index (χ2v) is 4.09. The molecule has 0 atom stereocenters. The highest BCUT2D eigenvalue weighted by molar-refractivity contribution is 5.91. The summed E-state index contributed by atoms with van der Waals surface area (Å²) < 4.78 is 0. The van der Waals surface area contributed by atoms with Gasteiger partial charge in [0, 0.05) is 13.0 Å². The van der Waals surface area contributed by atoms with Crippen LogP contribution in [-0.2, 0) is 0 Å². The largest absolute Gasteiger partial charge is 0.319 e. The molecule has 1 aromatic rings. The Morgan fingerprint density at radius 2 is 1.94 bits per heavy atom. The number of rotatable bonds is 6. The molecule has 0 aliphatic carbocycles. The summed E-state index contributed by atoms with van der Waals surface area (Å²) in [5.41, 5.74) is 0.111. The van der Waals surface area contributed by atoms with E-state index in [2.05, 4.69) is 24.1 Å². The Kier molecular flexibility index (Phi) is 9.87. The number of aromatic nitrogens is 1. The van der Waals surface area contributed by atoms with Gasteiger partial charge in [-0.3, -0.25) is 9.59 Å². The average molecular weight is 252 g/mol. The Morgan fingerprint density at radius 3 is 2.39 bits per heavy atom. The molecule has 0 amide bonds. The predicted octanol–water partition coefficient (Wildman–Crippen LogP) is 2.36. The lowest BCUT2D eigenvalue weighted by Gasteiger charge is -1.98. The monoisotopic (exact) mass is 252 g/mol. The lowest BCUT2D eigenvalue weighted by Crippen LogP contribution is -2.15. The van der Waals surface area contributed by atoms with E-state index in [9.17, 15) is 9.59 Å². The van der Waals surface area contributed by atoms with E-state index in [0.717, 1.165) is 0 Å². The SMILES string of the molecule is CC(=O)c1cccc(=O)[nH]1.CCCCNCCC. The summed E-state index contributed by atoms with van der Waals surface area (Å²) in [6.45, 7) is 8.20. The van der Waals surface area contributed by atoms with Gasteiger partial charge in [-0.05, 0) is 32.0 Å². The Bertz CT molecular complexity index is 379. The van der Waals surface area contributed by atoms with Crippen molar-refractivity contribution in [3.05, 3.63) is 34.2 Å². The summed E-state index contributed by atoms with van der Waals surface area (Å²) in [5.74, 6) is -0.127. The molecule has 0 aliphatic rings. The van der Waals surface area contributed by atoms with Crippen LogP contribution in [0.3, 0.4) is 0 Å². The van der Waals surface area contributed by atoms with Crippen LogP contribution in [0.25, 0.3) is 0 Å². The molecule has 1 heterocycles. The van der Waals surface area contributed by atoms with Crippen LogP contribution in [0.1, 0.15) is 50.5 Å². The number of nitrogens with one attached hydrogen (secondary N) is 2. The van der Waals surface area contributed by atoms with E-state index in [1.165, 1.54) is 45.3 Å². The lowest BCUT2D eigenvalue weighted by atomic mass is 10.3. The third-order valence-electron chi connectivity index (χ3n) is 2.28. The minimum absolute atomic E-state index is 0.127. The molecule has 0 aliphatic heterocycles. The highest BCUT2D eigenvalue weighted by Crippen LogP contribution is 1.89. The molecule has 18 heavy (non-hydrogen) atoms. The average Bonchev–Trinajstić information content (AvgIpc) is 2.35. The zero-order valence-electron chi connectivity index (χ0n) is 11.6. The van der Waals surface area contributed by atoms with E-state index in [-0.39, 0.29) is 11.3 Å². The molecule has 0 saturated heterocycles. The standard InChI is InChI=1S/C7H7NO2.C7H17N/c1-5(9)6-3-2-4-7(10)8-6;1-3-5-7-8-6-4-2/h2-4H,1H3,(H,8,10);8H,3-7H2,1-2H3. The Labute approximate surface area is 109 Å². The first-order chi connectivity index (χ1) is 8.61. The molecule has 4 nitrogen and oxygen atoms in total. The second kappa shape index (κ2) is 10.7. The van der Waals surface area contributed by atoms with Gasteiger partial charge in [-0.2, -0.15) is 0 Å². The number of hydrogen-bond donors (Lipinski definition) is 2. The molecule has 102 valence electrons. The highest BCUT2D eigenvalue weighted by Gasteiger charge is 1.96. The van der Waals surface area contributed by atoms with Crippen LogP contribution in [0, 0.1) is 0 Å². The van der Waals surface area contributed by atoms with Gasteiger partial charge in [0.2, 0.25) is 5.56 Å². The van der Waals surface area contributed by atoms with Gasteiger partial charge < -0.3 is 10.3 Å². The topological polar surface area (TPSA) is 62.0 Å². The molecule has 0 fully saturated rings. The summed E-state index contributed by atoms with van der Waals surface area (Å²) in [4.78, 5) is 23.6. The first-order valence-corrected chi connectivity index (χ1v) is 6.52. The molecule has 0 saturated carbocycles. The minimum Gasteiger partial charge on any atom is -0.319 e. The molecule has 4 heteroatoms. The van der Waals surface area contributed by atoms with Crippen molar-refractivity contribution in [1.82, 2.24) is 10.3 Å². The van der Waals surface area contributed by atoms with Crippen LogP contribution in [0.5, 0.6) is 0 Å². The molecular formula is C14H24N2O2. The van der Waals surface area contributed by atoms with Crippen molar-refractivity contribution < 1.29 is 4.79 Å². The minimum atomic E-state index is -0.243. The number of H-pyrrole nitrogens is 1. The van der Waals surface area contributed by atoms with Crippen molar-refractivity contribution >= 4 is 5.78 Å². The number of Topliss-reactive ketones (excluding diaryl/α,β-unsaturated/α-hetero) is 1. The van der Waals surface area contributed by atoms with Gasteiger partial charge >= 0.3 is 0 Å². The number of carbonyl (C=O) groups excluding carboxylic acids is 1. The van der Waals surface area contributed by atoms with Gasteiger partial charge in [-0.1, -0.05) is 26.3 Å². The molecule has 1 rings (SSSR count). The van der Waals surface area contributed by atoms with Gasteiger partial charge in [-0.25, -0.2) is 0 Å². The number of hydrogen-bond acceptors (Lipinski definition) is 3. The molecule has 0 bridgehead atoms. The van der Waals surface area contributed by atoms with E-state index in [1.54, 1.807) is 12.1 Å². The van der Waals surface area contributed by atoms with Crippen LogP contribution in [0.2, 0.25) is 0 Å². The summed E-state index contributed by atoms with van der Waals surface area (Å²) >= 11 is 0. The Hall–Kier alpha value is -1.42. The summed E-state index contributed by atoms with van der Waals surface area (Å²) in [5, 5.41) is 3.34. The first-order valence-electron chi connectivity index (χ1n) is 6.52. The summed E-state index contributed by atoms with van der Waals surface area (Å²) in [6.07, 6.45) is 3.88. The second-order valence-electron chi connectivity index (χ2n) is 4.09. The van der Waals surface area contributed by atoms with Gasteiger partial charge in [0.25, 0.3) is 0 Å². The fraction of sp³-hybridized carbons (Fsp3) is 0.571. The lowest BCUT2D eigenvalue weighted by molar-refractivity contribution is 0.101. The summed E-state index contributed by atoms with van der Waals surface area (Å²) in [6, 6.07) is 4.49. The predicted molar refractivity (Wildman–Crippen MR) is 75.1 cm³/mol. The number of aromatic amines is 1. The fourth-order valence-electron chi connectivity index (χ4n) is 1.26. The highest BCUT2D eigenvalue weighted by atomic mass is 16.1. The van der Waals surface area contributed by atoms with Crippen molar-refractivity contribution in [2.75, 3.05) is 13.1 Å². The van der Waals surface area contributed by atoms with E-state index in [1.807, 2.05) is 0 Å². The Morgan fingerprint density at radius 1 is 1.22 bits per heavy atom. The number of carbonyl (C=O) groups is 1. The van der Waals surface area contributed by atoms with Crippen molar-refractivity contribution in [3.8, 4) is 0 Å². The number of ketones is 1. The van der Waals surface area contributed by atoms with E-state index in [0.29, 0.717) is 5.69 Å². The van der Waals surface area contributed by atoms with Gasteiger partial charge in [0.05, 0.1) is 5.69 Å². The van der Waals surface area contributed by atoms with Gasteiger partial charge in [0.1, 0.15) is 0 Å². The third kappa shape index (κ3) is 8.70. The van der Waals surface area contributed by atoms with Crippen molar-refractivity contribution in [2.45, 2.75) is 40.0 Å². The molecule has 0 radical (unpaired) electrons. The zero-order chi connectivity index (χ0) is 13.8. The molecular weight excluding hydrogens is 228 g/mol. The van der Waals surface area contributed by atoms with Crippen LogP contribution in [-0.4, -0.2) is 23.9 Å². The van der Waals surface area contributed by atoms with Crippen LogP contribution < -0.4 is 10.9 Å². The van der Waals surface area contributed by atoms with Crippen LogP contribution in [0.4, 0.5) is 0 Å². The smallest absolute Gasteiger partial charge is 0.248 e. The van der Waals surface area contributed by atoms with E-state index in [4.69, 9.17) is 0 Å². The molecule has 2 N–H and O–H groups in total.